The van der Waals surface area contributed by atoms with Gasteiger partial charge in [-0.15, -0.1) is 11.3 Å². The number of esters is 1. The van der Waals surface area contributed by atoms with E-state index >= 15 is 0 Å². The number of pyridine rings is 1. The number of nitrogens with zero attached hydrogens (tertiary/aromatic N) is 5. The number of nitrogens with one attached hydrogen (secondary N) is 1. The molecule has 0 radical (unpaired) electrons. The predicted molar refractivity (Wildman–Crippen MR) is 224 cm³/mol. The third-order valence-corrected chi connectivity index (χ3v) is 10.1. The fourth-order valence-corrected chi connectivity index (χ4v) is 6.58. The van der Waals surface area contributed by atoms with E-state index in [0.29, 0.717) is 39.1 Å². The van der Waals surface area contributed by atoms with Gasteiger partial charge in [-0.2, -0.15) is 36.9 Å². The summed E-state index contributed by atoms with van der Waals surface area (Å²) >= 11 is 8.83. The number of alkyl halides is 6. The van der Waals surface area contributed by atoms with E-state index in [2.05, 4.69) is 22.4 Å². The first-order chi connectivity index (χ1) is 29.9. The molecule has 2 aromatic carbocycles. The standard InChI is InChI=1S/C36H38ClN7O4S2.2C2HF3O2/c1-22(2)32(40)36(46)48-17-16-47-27-13-9-23(10-14-27)31-28(18-38)33(42-30(45)6-5-15-44(3)4)43-35(29(31)19-39)50-21-26-20-49-34(41-26)24-7-11-25(37)12-8-24;2*3-2(4,5)1(6)7/h7-14,20,22,32H,5-6,15-17,21,40H2,1-4H3,(H,42,43,45);2*(H,6,7)/t32-;;/m0../s1. The van der Waals surface area contributed by atoms with Crippen molar-refractivity contribution in [2.45, 2.75) is 55.9 Å². The summed E-state index contributed by atoms with van der Waals surface area (Å²) in [5.74, 6) is -5.36. The Bertz CT molecular complexity index is 2280. The number of nitrogens with two attached hydrogens (primary N) is 1. The molecule has 0 bridgehead atoms. The number of hydrogen-bond acceptors (Lipinski definition) is 14. The van der Waals surface area contributed by atoms with Crippen molar-refractivity contribution in [2.24, 2.45) is 11.7 Å². The van der Waals surface area contributed by atoms with Gasteiger partial charge >= 0.3 is 30.3 Å². The summed E-state index contributed by atoms with van der Waals surface area (Å²) in [7, 11) is 3.86. The lowest BCUT2D eigenvalue weighted by molar-refractivity contribution is -0.193. The summed E-state index contributed by atoms with van der Waals surface area (Å²) < 4.78 is 74.4. The molecule has 0 aliphatic rings. The van der Waals surface area contributed by atoms with Gasteiger partial charge in [-0.1, -0.05) is 61.5 Å². The maximum Gasteiger partial charge on any atom is 0.490 e. The number of thiazole rings is 1. The Hall–Kier alpha value is -5.98. The van der Waals surface area contributed by atoms with Crippen LogP contribution in [0.5, 0.6) is 5.75 Å². The number of aromatic nitrogens is 2. The molecule has 0 aliphatic carbocycles. The second-order valence-corrected chi connectivity index (χ2v) is 15.7. The van der Waals surface area contributed by atoms with Crippen molar-refractivity contribution in [3.63, 3.8) is 0 Å². The lowest BCUT2D eigenvalue weighted by Gasteiger charge is -2.16. The van der Waals surface area contributed by atoms with Crippen LogP contribution in [-0.4, -0.2) is 101 Å². The van der Waals surface area contributed by atoms with Crippen LogP contribution >= 0.6 is 34.7 Å². The van der Waals surface area contributed by atoms with Crippen molar-refractivity contribution in [2.75, 3.05) is 39.2 Å². The number of ether oxygens (including phenoxy) is 2. The number of carboxylic acid groups (broad SMARTS) is 2. The Morgan fingerprint density at radius 2 is 1.45 bits per heavy atom. The van der Waals surface area contributed by atoms with Crippen molar-refractivity contribution >= 4 is 64.3 Å². The Morgan fingerprint density at radius 1 is 0.906 bits per heavy atom. The smallest absolute Gasteiger partial charge is 0.490 e. The highest BCUT2D eigenvalue weighted by Gasteiger charge is 2.39. The van der Waals surface area contributed by atoms with Gasteiger partial charge in [0.1, 0.15) is 52.7 Å². The fourth-order valence-electron chi connectivity index (χ4n) is 4.64. The average Bonchev–Trinajstić information content (AvgIpc) is 3.70. The summed E-state index contributed by atoms with van der Waals surface area (Å²) in [5.41, 5.74) is 8.74. The molecule has 24 heteroatoms. The molecular weight excluding hydrogens is 920 g/mol. The molecule has 0 fully saturated rings. The number of carbonyl (C=O) groups is 4. The van der Waals surface area contributed by atoms with Crippen LogP contribution in [0.25, 0.3) is 21.7 Å². The number of nitriles is 2. The molecular formula is C40H40ClF6N7O8S2. The molecule has 0 saturated carbocycles. The van der Waals surface area contributed by atoms with E-state index in [0.717, 1.165) is 22.8 Å². The van der Waals surface area contributed by atoms with Gasteiger partial charge in [0, 0.05) is 33.7 Å². The molecule has 4 aromatic rings. The maximum atomic E-state index is 13.0. The molecule has 0 unspecified atom stereocenters. The number of benzene rings is 2. The summed E-state index contributed by atoms with van der Waals surface area (Å²) in [6.45, 7) is 4.54. The highest BCUT2D eigenvalue weighted by Crippen LogP contribution is 2.38. The molecule has 0 spiro atoms. The molecule has 2 heterocycles. The number of hydrogen-bond donors (Lipinski definition) is 4. The number of halogens is 7. The number of anilines is 1. The zero-order chi connectivity index (χ0) is 48.4. The van der Waals surface area contributed by atoms with Crippen molar-refractivity contribution < 1.29 is 65.2 Å². The number of carboxylic acids is 2. The Kier molecular flexibility index (Phi) is 21.4. The van der Waals surface area contributed by atoms with Crippen LogP contribution < -0.4 is 15.8 Å². The first-order valence-corrected chi connectivity index (χ1v) is 20.5. The Morgan fingerprint density at radius 3 is 1.95 bits per heavy atom. The van der Waals surface area contributed by atoms with Crippen LogP contribution in [-0.2, 0) is 29.7 Å². The monoisotopic (exact) mass is 959 g/mol. The second-order valence-electron chi connectivity index (χ2n) is 13.4. The minimum Gasteiger partial charge on any atom is -0.490 e. The molecule has 1 amide bonds. The third-order valence-electron chi connectivity index (χ3n) is 7.87. The van der Waals surface area contributed by atoms with Crippen LogP contribution in [0.1, 0.15) is 43.5 Å². The molecule has 1 atom stereocenters. The first-order valence-electron chi connectivity index (χ1n) is 18.3. The molecule has 5 N–H and O–H groups in total. The van der Waals surface area contributed by atoms with Gasteiger partial charge in [0.2, 0.25) is 5.91 Å². The van der Waals surface area contributed by atoms with Crippen molar-refractivity contribution in [1.29, 1.82) is 10.5 Å². The lowest BCUT2D eigenvalue weighted by atomic mass is 9.96. The van der Waals surface area contributed by atoms with Gasteiger partial charge in [0.15, 0.2) is 5.82 Å². The highest BCUT2D eigenvalue weighted by molar-refractivity contribution is 7.98. The van der Waals surface area contributed by atoms with Gasteiger partial charge in [-0.05, 0) is 62.8 Å². The highest BCUT2D eigenvalue weighted by atomic mass is 35.5. The Balaban J connectivity index is 0.000000866. The first kappa shape index (κ1) is 54.2. The summed E-state index contributed by atoms with van der Waals surface area (Å²) in [5, 5.41) is 41.6. The summed E-state index contributed by atoms with van der Waals surface area (Å²) in [6, 6.07) is 18.0. The van der Waals surface area contributed by atoms with E-state index in [4.69, 9.17) is 51.6 Å². The van der Waals surface area contributed by atoms with Crippen LogP contribution in [0.4, 0.5) is 32.2 Å². The van der Waals surface area contributed by atoms with Gasteiger partial charge < -0.3 is 35.6 Å². The van der Waals surface area contributed by atoms with Gasteiger partial charge in [0.05, 0.1) is 11.3 Å². The molecule has 15 nitrogen and oxygen atoms in total. The fraction of sp³-hybridized carbons (Fsp3) is 0.350. The van der Waals surface area contributed by atoms with E-state index in [1.165, 1.54) is 23.1 Å². The van der Waals surface area contributed by atoms with E-state index in [9.17, 15) is 46.5 Å². The normalized spacial score (nSPS) is 11.5. The molecule has 4 rings (SSSR count). The SMILES string of the molecule is CC(C)[C@H](N)C(=O)OCCOc1ccc(-c2c(C#N)c(NC(=O)CCCN(C)C)nc(SCc3csc(-c4ccc(Cl)cc4)n3)c2C#N)cc1.O=C(O)C(F)(F)F.O=C(O)C(F)(F)F. The zero-order valence-corrected chi connectivity index (χ0v) is 36.6. The summed E-state index contributed by atoms with van der Waals surface area (Å²) in [6.07, 6.45) is -9.31. The van der Waals surface area contributed by atoms with Gasteiger partial charge in [0.25, 0.3) is 0 Å². The maximum absolute atomic E-state index is 13.0. The molecule has 0 aliphatic heterocycles. The average molecular weight is 960 g/mol. The van der Waals surface area contributed by atoms with Crippen LogP contribution in [0.3, 0.4) is 0 Å². The quantitative estimate of drug-likeness (QED) is 0.0360. The van der Waals surface area contributed by atoms with Crippen LogP contribution in [0.2, 0.25) is 5.02 Å². The second kappa shape index (κ2) is 25.3. The van der Waals surface area contributed by atoms with Gasteiger partial charge in [-0.25, -0.2) is 19.6 Å². The topological polar surface area (TPSA) is 242 Å². The van der Waals surface area contributed by atoms with E-state index in [-0.39, 0.29) is 48.4 Å². The number of amides is 1. The molecule has 344 valence electrons. The Labute approximate surface area is 375 Å². The van der Waals surface area contributed by atoms with E-state index in [1.54, 1.807) is 24.3 Å². The number of thioether (sulfide) groups is 1. The summed E-state index contributed by atoms with van der Waals surface area (Å²) in [4.78, 5) is 54.2. The minimum absolute atomic E-state index is 0.0287. The minimum atomic E-state index is -5.08. The van der Waals surface area contributed by atoms with Crippen molar-refractivity contribution in [1.82, 2.24) is 14.9 Å². The largest absolute Gasteiger partial charge is 0.490 e. The predicted octanol–water partition coefficient (Wildman–Crippen LogP) is 8.01. The zero-order valence-electron chi connectivity index (χ0n) is 34.2. The van der Waals surface area contributed by atoms with E-state index in [1.807, 2.05) is 62.5 Å². The number of aliphatic carboxylic acids is 2. The van der Waals surface area contributed by atoms with Crippen molar-refractivity contribution in [3.8, 4) is 39.6 Å². The third kappa shape index (κ3) is 18.0. The molecule has 2 aromatic heterocycles. The molecule has 0 saturated heterocycles. The van der Waals surface area contributed by atoms with Crippen LogP contribution in [0.15, 0.2) is 58.9 Å². The van der Waals surface area contributed by atoms with Gasteiger partial charge in [-0.3, -0.25) is 9.59 Å². The van der Waals surface area contributed by atoms with Crippen LogP contribution in [0, 0.1) is 28.6 Å². The number of carbonyl (C=O) groups excluding carboxylic acids is 2. The molecule has 64 heavy (non-hydrogen) atoms. The lowest BCUT2D eigenvalue weighted by Crippen LogP contribution is -2.37. The number of rotatable bonds is 16. The van der Waals surface area contributed by atoms with E-state index < -0.39 is 36.3 Å². The van der Waals surface area contributed by atoms with Crippen molar-refractivity contribution in [3.05, 3.63) is 75.8 Å².